The van der Waals surface area contributed by atoms with E-state index in [9.17, 15) is 4.79 Å². The van der Waals surface area contributed by atoms with Gasteiger partial charge in [-0.05, 0) is 54.0 Å². The third kappa shape index (κ3) is 8.02. The van der Waals surface area contributed by atoms with E-state index in [1.807, 2.05) is 24.3 Å². The van der Waals surface area contributed by atoms with E-state index in [4.69, 9.17) is 27.8 Å². The van der Waals surface area contributed by atoms with Crippen LogP contribution in [-0.4, -0.2) is 66.8 Å². The molecular formula is C30H52O7Si2. The van der Waals surface area contributed by atoms with Crippen molar-refractivity contribution >= 4 is 22.9 Å². The molecule has 0 spiro atoms. The smallest absolute Gasteiger partial charge is 0.195 e. The summed E-state index contributed by atoms with van der Waals surface area (Å²) in [5.41, 5.74) is 1.04. The largest absolute Gasteiger partial charge is 0.497 e. The Morgan fingerprint density at radius 1 is 0.846 bits per heavy atom. The first-order chi connectivity index (χ1) is 18.0. The van der Waals surface area contributed by atoms with Gasteiger partial charge in [0.25, 0.3) is 0 Å². The Bertz CT molecular complexity index is 936. The van der Waals surface area contributed by atoms with Crippen molar-refractivity contribution in [1.29, 1.82) is 0 Å². The van der Waals surface area contributed by atoms with Gasteiger partial charge >= 0.3 is 0 Å². The lowest BCUT2D eigenvalue weighted by atomic mass is 9.91. The van der Waals surface area contributed by atoms with E-state index in [0.29, 0.717) is 19.4 Å². The Morgan fingerprint density at radius 2 is 1.38 bits per heavy atom. The highest BCUT2D eigenvalue weighted by Crippen LogP contribution is 2.44. The van der Waals surface area contributed by atoms with E-state index in [0.717, 1.165) is 17.6 Å². The lowest BCUT2D eigenvalue weighted by Crippen LogP contribution is -2.61. The molecule has 2 heterocycles. The molecular weight excluding hydrogens is 528 g/mol. The molecule has 1 aromatic rings. The van der Waals surface area contributed by atoms with Gasteiger partial charge in [0, 0.05) is 19.3 Å². The standard InChI is InChI=1S/C30H52O7Si2/c1-29(2,3)38(8,9)36-27-19-25-26(35-28(27)37-39(10,11)30(4,5)6)18-24(23(34-25)16-17-31)33-20-21-12-14-22(32-7)15-13-21/h12-15,17,23-28H,16,18-20H2,1-11H3/t23-,24-,25-,26-,27-,28+/m0/s1. The first kappa shape index (κ1) is 32.4. The van der Waals surface area contributed by atoms with E-state index in [-0.39, 0.29) is 47.0 Å². The van der Waals surface area contributed by atoms with Crippen LogP contribution in [0.5, 0.6) is 5.75 Å². The number of rotatable bonds is 10. The zero-order valence-corrected chi connectivity index (χ0v) is 28.0. The Kier molecular flexibility index (Phi) is 10.3. The van der Waals surface area contributed by atoms with Crippen LogP contribution < -0.4 is 4.74 Å². The van der Waals surface area contributed by atoms with Gasteiger partial charge in [0.1, 0.15) is 12.0 Å². The van der Waals surface area contributed by atoms with E-state index in [1.165, 1.54) is 0 Å². The summed E-state index contributed by atoms with van der Waals surface area (Å²) in [5.74, 6) is 0.805. The number of hydrogen-bond donors (Lipinski definition) is 0. The SMILES string of the molecule is COc1ccc(CO[C@H]2C[C@@H]3O[C@H](O[Si](C)(C)C(C)(C)C)[C@@H](O[Si](C)(C)C(C)(C)C)C[C@@H]3O[C@H]2CC=O)cc1. The molecule has 2 saturated heterocycles. The topological polar surface area (TPSA) is 72.5 Å². The third-order valence-corrected chi connectivity index (χ3v) is 18.1. The summed E-state index contributed by atoms with van der Waals surface area (Å²) in [7, 11) is -2.59. The van der Waals surface area contributed by atoms with Crippen LogP contribution in [0.25, 0.3) is 0 Å². The lowest BCUT2D eigenvalue weighted by molar-refractivity contribution is -0.284. The second-order valence-corrected chi connectivity index (χ2v) is 23.6. The minimum atomic E-state index is -2.14. The van der Waals surface area contributed by atoms with Gasteiger partial charge in [0.15, 0.2) is 22.9 Å². The molecule has 0 bridgehead atoms. The Hall–Kier alpha value is -1.08. The molecule has 0 aliphatic carbocycles. The number of ether oxygens (including phenoxy) is 4. The summed E-state index contributed by atoms with van der Waals surface area (Å²) in [6.07, 6.45) is 0.888. The maximum Gasteiger partial charge on any atom is 0.195 e. The van der Waals surface area contributed by atoms with E-state index >= 15 is 0 Å². The quantitative estimate of drug-likeness (QED) is 0.221. The average molecular weight is 581 g/mol. The van der Waals surface area contributed by atoms with Crippen molar-refractivity contribution in [3.05, 3.63) is 29.8 Å². The minimum Gasteiger partial charge on any atom is -0.497 e. The van der Waals surface area contributed by atoms with Crippen LogP contribution in [-0.2, 0) is 34.5 Å². The predicted octanol–water partition coefficient (Wildman–Crippen LogP) is 6.85. The molecule has 0 saturated carbocycles. The maximum absolute atomic E-state index is 11.6. The van der Waals surface area contributed by atoms with Crippen LogP contribution in [0.4, 0.5) is 0 Å². The Balaban J connectivity index is 1.80. The molecule has 0 N–H and O–H groups in total. The Morgan fingerprint density at radius 3 is 1.92 bits per heavy atom. The molecule has 3 rings (SSSR count). The summed E-state index contributed by atoms with van der Waals surface area (Å²) < 4.78 is 38.7. The number of carbonyl (C=O) groups excluding carboxylic acids is 1. The molecule has 0 radical (unpaired) electrons. The molecule has 2 fully saturated rings. The molecule has 0 amide bonds. The fourth-order valence-corrected chi connectivity index (χ4v) is 6.97. The molecule has 0 unspecified atom stereocenters. The third-order valence-electron chi connectivity index (χ3n) is 9.14. The van der Waals surface area contributed by atoms with Gasteiger partial charge in [0.05, 0.1) is 44.2 Å². The number of carbonyl (C=O) groups is 1. The van der Waals surface area contributed by atoms with Crippen LogP contribution in [0.2, 0.25) is 36.3 Å². The second kappa shape index (κ2) is 12.4. The first-order valence-corrected chi connectivity index (χ1v) is 20.1. The number of methoxy groups -OCH3 is 1. The number of fused-ring (bicyclic) bond motifs is 1. The zero-order chi connectivity index (χ0) is 29.2. The fraction of sp³-hybridized carbons (Fsp3) is 0.767. The van der Waals surface area contributed by atoms with Gasteiger partial charge in [-0.2, -0.15) is 0 Å². The van der Waals surface area contributed by atoms with Crippen molar-refractivity contribution in [2.45, 2.75) is 140 Å². The van der Waals surface area contributed by atoms with Crippen molar-refractivity contribution < 1.29 is 32.6 Å². The summed E-state index contributed by atoms with van der Waals surface area (Å²) in [6, 6.07) is 7.82. The monoisotopic (exact) mass is 580 g/mol. The van der Waals surface area contributed by atoms with Gasteiger partial charge in [0.2, 0.25) is 0 Å². The summed E-state index contributed by atoms with van der Waals surface area (Å²) in [4.78, 5) is 11.6. The van der Waals surface area contributed by atoms with Gasteiger partial charge in [-0.25, -0.2) is 0 Å². The van der Waals surface area contributed by atoms with Gasteiger partial charge in [-0.3, -0.25) is 0 Å². The van der Waals surface area contributed by atoms with Crippen molar-refractivity contribution in [1.82, 2.24) is 0 Å². The van der Waals surface area contributed by atoms with Gasteiger partial charge < -0.3 is 32.6 Å². The predicted molar refractivity (Wildman–Crippen MR) is 159 cm³/mol. The molecule has 6 atom stereocenters. The van der Waals surface area contributed by atoms with Crippen molar-refractivity contribution in [3.63, 3.8) is 0 Å². The van der Waals surface area contributed by atoms with E-state index in [2.05, 4.69) is 67.7 Å². The van der Waals surface area contributed by atoms with Crippen molar-refractivity contribution in [2.75, 3.05) is 7.11 Å². The van der Waals surface area contributed by atoms with Crippen molar-refractivity contribution in [3.8, 4) is 5.75 Å². The van der Waals surface area contributed by atoms with Crippen LogP contribution >= 0.6 is 0 Å². The highest BCUT2D eigenvalue weighted by atomic mass is 28.4. The van der Waals surface area contributed by atoms with E-state index < -0.39 is 22.9 Å². The molecule has 222 valence electrons. The molecule has 39 heavy (non-hydrogen) atoms. The second-order valence-electron chi connectivity index (χ2n) is 14.1. The molecule has 1 aromatic carbocycles. The number of benzene rings is 1. The van der Waals surface area contributed by atoms with Crippen molar-refractivity contribution in [2.24, 2.45) is 0 Å². The van der Waals surface area contributed by atoms with Crippen LogP contribution in [0, 0.1) is 0 Å². The highest BCUT2D eigenvalue weighted by Gasteiger charge is 2.52. The Labute approximate surface area is 238 Å². The highest BCUT2D eigenvalue weighted by molar-refractivity contribution is 6.74. The van der Waals surface area contributed by atoms with Gasteiger partial charge in [-0.15, -0.1) is 0 Å². The summed E-state index contributed by atoms with van der Waals surface area (Å²) in [5, 5.41) is 0.0934. The molecule has 9 heteroatoms. The molecule has 2 aliphatic rings. The molecule has 2 aliphatic heterocycles. The lowest BCUT2D eigenvalue weighted by Gasteiger charge is -2.51. The molecule has 0 aromatic heterocycles. The molecule has 7 nitrogen and oxygen atoms in total. The summed E-state index contributed by atoms with van der Waals surface area (Å²) in [6.45, 7) is 22.9. The fourth-order valence-electron chi connectivity index (χ4n) is 4.52. The van der Waals surface area contributed by atoms with Crippen LogP contribution in [0.15, 0.2) is 24.3 Å². The van der Waals surface area contributed by atoms with Crippen LogP contribution in [0.3, 0.4) is 0 Å². The maximum atomic E-state index is 11.6. The average Bonchev–Trinajstić information content (AvgIpc) is 2.82. The normalized spacial score (nSPS) is 28.6. The zero-order valence-electron chi connectivity index (χ0n) is 26.0. The summed E-state index contributed by atoms with van der Waals surface area (Å²) >= 11 is 0. The number of hydrogen-bond acceptors (Lipinski definition) is 7. The number of aldehydes is 1. The van der Waals surface area contributed by atoms with E-state index in [1.54, 1.807) is 7.11 Å². The van der Waals surface area contributed by atoms with Gasteiger partial charge in [-0.1, -0.05) is 53.7 Å². The minimum absolute atomic E-state index is 0.0386. The first-order valence-electron chi connectivity index (χ1n) is 14.3. The van der Waals surface area contributed by atoms with Crippen LogP contribution in [0.1, 0.15) is 66.4 Å².